The molecule has 2 saturated heterocycles. The quantitative estimate of drug-likeness (QED) is 0.336. The molecule has 1 atom stereocenters. The van der Waals surface area contributed by atoms with Gasteiger partial charge < -0.3 is 19.9 Å². The molecule has 2 fully saturated rings. The Labute approximate surface area is 198 Å². The first-order chi connectivity index (χ1) is 14.2. The summed E-state index contributed by atoms with van der Waals surface area (Å²) in [6, 6.07) is 10.7. The zero-order valence-corrected chi connectivity index (χ0v) is 20.7. The molecule has 2 aliphatic rings. The number of benzene rings is 1. The van der Waals surface area contributed by atoms with Crippen LogP contribution < -0.4 is 5.32 Å². The van der Waals surface area contributed by atoms with E-state index in [1.807, 2.05) is 11.9 Å². The van der Waals surface area contributed by atoms with Gasteiger partial charge in [0.15, 0.2) is 5.96 Å². The summed E-state index contributed by atoms with van der Waals surface area (Å²) in [5, 5.41) is 3.31. The number of nitrogens with zero attached hydrogens (tertiary/aromatic N) is 3. The van der Waals surface area contributed by atoms with Crippen LogP contribution in [0.4, 0.5) is 0 Å². The number of ether oxygens (including phenoxy) is 1. The van der Waals surface area contributed by atoms with Crippen LogP contribution in [0, 0.1) is 11.8 Å². The second-order valence-electron chi connectivity index (χ2n) is 8.29. The SMILES string of the molecule is CCNC(=NCC(=O)N1CCC(Cc2ccccc2)CC1)N(C)CC1CCOC1.I. The smallest absolute Gasteiger partial charge is 0.244 e. The zero-order chi connectivity index (χ0) is 20.5. The van der Waals surface area contributed by atoms with E-state index in [-0.39, 0.29) is 36.4 Å². The van der Waals surface area contributed by atoms with Gasteiger partial charge in [0.25, 0.3) is 0 Å². The highest BCUT2D eigenvalue weighted by atomic mass is 127. The number of carbonyl (C=O) groups excluding carboxylic acids is 1. The van der Waals surface area contributed by atoms with E-state index in [0.717, 1.165) is 71.0 Å². The Hall–Kier alpha value is -1.35. The van der Waals surface area contributed by atoms with E-state index in [9.17, 15) is 4.79 Å². The Morgan fingerprint density at radius 2 is 1.93 bits per heavy atom. The lowest BCUT2D eigenvalue weighted by molar-refractivity contribution is -0.131. The van der Waals surface area contributed by atoms with Crippen molar-refractivity contribution in [1.82, 2.24) is 15.1 Å². The average Bonchev–Trinajstić information content (AvgIpc) is 3.25. The van der Waals surface area contributed by atoms with Crippen molar-refractivity contribution in [2.45, 2.75) is 32.6 Å². The van der Waals surface area contributed by atoms with Crippen molar-refractivity contribution in [2.75, 3.05) is 53.0 Å². The van der Waals surface area contributed by atoms with Crippen molar-refractivity contribution < 1.29 is 9.53 Å². The number of carbonyl (C=O) groups is 1. The molecule has 2 aliphatic heterocycles. The normalized spacial score (nSPS) is 20.0. The largest absolute Gasteiger partial charge is 0.381 e. The summed E-state index contributed by atoms with van der Waals surface area (Å²) in [6.45, 7) is 7.34. The number of likely N-dealkylation sites (tertiary alicyclic amines) is 1. The number of aliphatic imine (C=N–C) groups is 1. The number of amides is 1. The topological polar surface area (TPSA) is 57.2 Å². The molecule has 7 heteroatoms. The summed E-state index contributed by atoms with van der Waals surface area (Å²) >= 11 is 0. The molecule has 168 valence electrons. The third kappa shape index (κ3) is 7.72. The Bertz CT molecular complexity index is 656. The molecule has 3 rings (SSSR count). The molecular weight excluding hydrogens is 491 g/mol. The summed E-state index contributed by atoms with van der Waals surface area (Å²) in [5.41, 5.74) is 1.40. The summed E-state index contributed by atoms with van der Waals surface area (Å²) in [4.78, 5) is 21.4. The van der Waals surface area contributed by atoms with Crippen molar-refractivity contribution in [3.63, 3.8) is 0 Å². The molecule has 0 bridgehead atoms. The van der Waals surface area contributed by atoms with E-state index < -0.39 is 0 Å². The van der Waals surface area contributed by atoms with Gasteiger partial charge in [0.2, 0.25) is 5.91 Å². The van der Waals surface area contributed by atoms with E-state index in [1.165, 1.54) is 5.56 Å². The molecular formula is C23H37IN4O2. The fourth-order valence-electron chi connectivity index (χ4n) is 4.25. The van der Waals surface area contributed by atoms with Gasteiger partial charge in [0, 0.05) is 45.8 Å². The number of hydrogen-bond donors (Lipinski definition) is 1. The second kappa shape index (κ2) is 13.1. The molecule has 0 aliphatic carbocycles. The predicted molar refractivity (Wildman–Crippen MR) is 132 cm³/mol. The predicted octanol–water partition coefficient (Wildman–Crippen LogP) is 3.02. The lowest BCUT2D eigenvalue weighted by atomic mass is 9.90. The second-order valence-corrected chi connectivity index (χ2v) is 8.29. The van der Waals surface area contributed by atoms with E-state index in [0.29, 0.717) is 11.8 Å². The number of piperidine rings is 1. The lowest BCUT2D eigenvalue weighted by Gasteiger charge is -2.32. The Morgan fingerprint density at radius 1 is 1.20 bits per heavy atom. The van der Waals surface area contributed by atoms with Crippen molar-refractivity contribution in [3.05, 3.63) is 35.9 Å². The van der Waals surface area contributed by atoms with Gasteiger partial charge >= 0.3 is 0 Å². The third-order valence-electron chi connectivity index (χ3n) is 5.95. The number of guanidine groups is 1. The summed E-state index contributed by atoms with van der Waals surface area (Å²) in [7, 11) is 2.04. The Kier molecular flexibility index (Phi) is 10.9. The van der Waals surface area contributed by atoms with Crippen LogP contribution in [0.25, 0.3) is 0 Å². The molecule has 0 radical (unpaired) electrons. The van der Waals surface area contributed by atoms with Gasteiger partial charge in [-0.05, 0) is 44.1 Å². The molecule has 1 aromatic carbocycles. The molecule has 6 nitrogen and oxygen atoms in total. The van der Waals surface area contributed by atoms with E-state index in [2.05, 4.69) is 52.5 Å². The standard InChI is InChI=1S/C23H36N4O2.HI/c1-3-24-23(26(2)17-21-11-14-29-18-21)25-16-22(28)27-12-9-20(10-13-27)15-19-7-5-4-6-8-19;/h4-8,20-21H,3,9-18H2,1-2H3,(H,24,25);1H. The lowest BCUT2D eigenvalue weighted by Crippen LogP contribution is -2.43. The van der Waals surface area contributed by atoms with Crippen LogP contribution in [0.1, 0.15) is 31.7 Å². The molecule has 0 saturated carbocycles. The highest BCUT2D eigenvalue weighted by molar-refractivity contribution is 14.0. The van der Waals surface area contributed by atoms with Crippen LogP contribution in [-0.4, -0.2) is 74.7 Å². The minimum Gasteiger partial charge on any atom is -0.381 e. The molecule has 1 N–H and O–H groups in total. The van der Waals surface area contributed by atoms with Gasteiger partial charge in [0.1, 0.15) is 6.54 Å². The maximum atomic E-state index is 12.7. The minimum atomic E-state index is 0. The third-order valence-corrected chi connectivity index (χ3v) is 5.95. The fraction of sp³-hybridized carbons (Fsp3) is 0.652. The molecule has 1 unspecified atom stereocenters. The van der Waals surface area contributed by atoms with Crippen LogP contribution >= 0.6 is 24.0 Å². The highest BCUT2D eigenvalue weighted by Crippen LogP contribution is 2.21. The number of halogens is 1. The summed E-state index contributed by atoms with van der Waals surface area (Å²) in [5.74, 6) is 2.16. The van der Waals surface area contributed by atoms with Gasteiger partial charge in [-0.15, -0.1) is 24.0 Å². The van der Waals surface area contributed by atoms with Crippen LogP contribution in [0.5, 0.6) is 0 Å². The van der Waals surface area contributed by atoms with Crippen molar-refractivity contribution in [2.24, 2.45) is 16.8 Å². The fourth-order valence-corrected chi connectivity index (χ4v) is 4.25. The average molecular weight is 528 g/mol. The molecule has 30 heavy (non-hydrogen) atoms. The number of rotatable bonds is 7. The van der Waals surface area contributed by atoms with E-state index >= 15 is 0 Å². The van der Waals surface area contributed by atoms with Gasteiger partial charge in [-0.1, -0.05) is 30.3 Å². The molecule has 1 amide bonds. The van der Waals surface area contributed by atoms with Crippen LogP contribution in [-0.2, 0) is 16.0 Å². The maximum Gasteiger partial charge on any atom is 0.244 e. The van der Waals surface area contributed by atoms with Crippen molar-refractivity contribution >= 4 is 35.8 Å². The van der Waals surface area contributed by atoms with Crippen molar-refractivity contribution in [1.29, 1.82) is 0 Å². The highest BCUT2D eigenvalue weighted by Gasteiger charge is 2.23. The maximum absolute atomic E-state index is 12.7. The van der Waals surface area contributed by atoms with Crippen LogP contribution in [0.2, 0.25) is 0 Å². The first-order valence-electron chi connectivity index (χ1n) is 11.0. The van der Waals surface area contributed by atoms with Crippen LogP contribution in [0.15, 0.2) is 35.3 Å². The monoisotopic (exact) mass is 528 g/mol. The first kappa shape index (κ1) is 24.9. The Morgan fingerprint density at radius 3 is 2.57 bits per heavy atom. The van der Waals surface area contributed by atoms with Gasteiger partial charge in [-0.3, -0.25) is 4.79 Å². The zero-order valence-electron chi connectivity index (χ0n) is 18.4. The number of hydrogen-bond acceptors (Lipinski definition) is 3. The molecule has 2 heterocycles. The molecule has 0 aromatic heterocycles. The van der Waals surface area contributed by atoms with E-state index in [4.69, 9.17) is 4.74 Å². The van der Waals surface area contributed by atoms with Gasteiger partial charge in [0.05, 0.1) is 6.61 Å². The van der Waals surface area contributed by atoms with Gasteiger partial charge in [-0.2, -0.15) is 0 Å². The minimum absolute atomic E-state index is 0. The molecule has 0 spiro atoms. The molecule has 1 aromatic rings. The van der Waals surface area contributed by atoms with Gasteiger partial charge in [-0.25, -0.2) is 4.99 Å². The summed E-state index contributed by atoms with van der Waals surface area (Å²) < 4.78 is 5.47. The van der Waals surface area contributed by atoms with Crippen molar-refractivity contribution in [3.8, 4) is 0 Å². The number of nitrogens with one attached hydrogen (secondary N) is 1. The first-order valence-corrected chi connectivity index (χ1v) is 11.0. The summed E-state index contributed by atoms with van der Waals surface area (Å²) in [6.07, 6.45) is 4.36. The Balaban J connectivity index is 0.00000320. The van der Waals surface area contributed by atoms with E-state index in [1.54, 1.807) is 0 Å². The van der Waals surface area contributed by atoms with Crippen LogP contribution in [0.3, 0.4) is 0 Å².